The van der Waals surface area contributed by atoms with E-state index in [1.807, 2.05) is 18.2 Å². The fraction of sp³-hybridized carbons (Fsp3) is 0.375. The summed E-state index contributed by atoms with van der Waals surface area (Å²) >= 11 is 0. The van der Waals surface area contributed by atoms with Gasteiger partial charge in [-0.15, -0.1) is 0 Å². The van der Waals surface area contributed by atoms with Crippen LogP contribution in [0.25, 0.3) is 10.9 Å². The second-order valence-electron chi connectivity index (χ2n) is 5.53. The van der Waals surface area contributed by atoms with Gasteiger partial charge in [0.25, 0.3) is 0 Å². The summed E-state index contributed by atoms with van der Waals surface area (Å²) < 4.78 is 0. The summed E-state index contributed by atoms with van der Waals surface area (Å²) in [6, 6.07) is 8.04. The van der Waals surface area contributed by atoms with Crippen molar-refractivity contribution < 1.29 is 14.7 Å². The number of amides is 2. The predicted octanol–water partition coefficient (Wildman–Crippen LogP) is 2.10. The van der Waals surface area contributed by atoms with Gasteiger partial charge in [0.1, 0.15) is 0 Å². The van der Waals surface area contributed by atoms with Crippen LogP contribution in [-0.4, -0.2) is 40.1 Å². The smallest absolute Gasteiger partial charge is 0.317 e. The van der Waals surface area contributed by atoms with Crippen LogP contribution >= 0.6 is 0 Å². The van der Waals surface area contributed by atoms with Gasteiger partial charge in [0.2, 0.25) is 0 Å². The van der Waals surface area contributed by atoms with Crippen molar-refractivity contribution in [2.24, 2.45) is 0 Å². The molecule has 2 aromatic rings. The van der Waals surface area contributed by atoms with E-state index in [0.29, 0.717) is 26.1 Å². The fourth-order valence-corrected chi connectivity index (χ4v) is 2.91. The quantitative estimate of drug-likeness (QED) is 0.756. The monoisotopic (exact) mass is 301 g/mol. The van der Waals surface area contributed by atoms with Gasteiger partial charge in [-0.2, -0.15) is 0 Å². The lowest BCUT2D eigenvalue weighted by atomic mass is 10.0. The Balaban J connectivity index is 1.61. The number of carbonyl (C=O) groups is 2. The van der Waals surface area contributed by atoms with E-state index in [4.69, 9.17) is 5.11 Å². The van der Waals surface area contributed by atoms with Gasteiger partial charge < -0.3 is 20.3 Å². The van der Waals surface area contributed by atoms with E-state index in [-0.39, 0.29) is 12.5 Å². The molecular formula is C16H19N3O3. The van der Waals surface area contributed by atoms with Crippen LogP contribution in [0.3, 0.4) is 0 Å². The Morgan fingerprint density at radius 3 is 2.95 bits per heavy atom. The number of aromatic amines is 1. The van der Waals surface area contributed by atoms with Crippen molar-refractivity contribution >= 4 is 22.9 Å². The lowest BCUT2D eigenvalue weighted by Crippen LogP contribution is -2.43. The molecule has 0 atom stereocenters. The summed E-state index contributed by atoms with van der Waals surface area (Å²) in [5.74, 6) is -0.838. The topological polar surface area (TPSA) is 85.4 Å². The molecule has 2 amide bonds. The molecule has 2 heterocycles. The molecule has 0 aliphatic carbocycles. The summed E-state index contributed by atoms with van der Waals surface area (Å²) in [4.78, 5) is 27.7. The number of benzene rings is 1. The molecule has 0 radical (unpaired) electrons. The zero-order valence-electron chi connectivity index (χ0n) is 12.3. The van der Waals surface area contributed by atoms with Gasteiger partial charge in [-0.05, 0) is 24.5 Å². The summed E-state index contributed by atoms with van der Waals surface area (Å²) in [5.41, 5.74) is 3.50. The zero-order chi connectivity index (χ0) is 15.5. The number of aliphatic carboxylic acids is 1. The standard InChI is InChI=1S/C16H19N3O3/c20-15(21)6-3-8-17-16(22)19-9-7-12-11-4-1-2-5-13(11)18-14(12)10-19/h1-2,4-5,18H,3,6-10H2,(H,17,22)(H,20,21). The average molecular weight is 301 g/mol. The van der Waals surface area contributed by atoms with E-state index in [2.05, 4.69) is 16.4 Å². The Hall–Kier alpha value is -2.50. The van der Waals surface area contributed by atoms with E-state index in [9.17, 15) is 9.59 Å². The Kier molecular flexibility index (Phi) is 4.00. The van der Waals surface area contributed by atoms with Crippen molar-refractivity contribution in [1.82, 2.24) is 15.2 Å². The second kappa shape index (κ2) is 6.09. The van der Waals surface area contributed by atoms with Crippen molar-refractivity contribution in [2.75, 3.05) is 13.1 Å². The molecule has 0 spiro atoms. The minimum atomic E-state index is -0.838. The Morgan fingerprint density at radius 2 is 2.14 bits per heavy atom. The van der Waals surface area contributed by atoms with Crippen molar-refractivity contribution in [3.8, 4) is 0 Å². The lowest BCUT2D eigenvalue weighted by molar-refractivity contribution is -0.137. The molecule has 0 unspecified atom stereocenters. The van der Waals surface area contributed by atoms with Crippen LogP contribution in [0.2, 0.25) is 0 Å². The number of carboxylic acid groups (broad SMARTS) is 1. The van der Waals surface area contributed by atoms with Crippen molar-refractivity contribution in [3.05, 3.63) is 35.5 Å². The molecule has 1 aromatic carbocycles. The van der Waals surface area contributed by atoms with Gasteiger partial charge in [-0.1, -0.05) is 18.2 Å². The van der Waals surface area contributed by atoms with E-state index < -0.39 is 5.97 Å². The highest BCUT2D eigenvalue weighted by Gasteiger charge is 2.23. The van der Waals surface area contributed by atoms with Crippen LogP contribution < -0.4 is 5.32 Å². The fourth-order valence-electron chi connectivity index (χ4n) is 2.91. The maximum atomic E-state index is 12.1. The number of urea groups is 1. The molecule has 116 valence electrons. The first-order valence-corrected chi connectivity index (χ1v) is 7.48. The molecular weight excluding hydrogens is 282 g/mol. The first kappa shape index (κ1) is 14.4. The third-order valence-electron chi connectivity index (χ3n) is 4.01. The molecule has 3 rings (SSSR count). The maximum Gasteiger partial charge on any atom is 0.317 e. The van der Waals surface area contributed by atoms with Crippen LogP contribution in [0.4, 0.5) is 4.79 Å². The molecule has 3 N–H and O–H groups in total. The largest absolute Gasteiger partial charge is 0.481 e. The number of nitrogens with zero attached hydrogens (tertiary/aromatic N) is 1. The first-order valence-electron chi connectivity index (χ1n) is 7.48. The Bertz CT molecular complexity index is 708. The molecule has 1 aliphatic rings. The lowest BCUT2D eigenvalue weighted by Gasteiger charge is -2.27. The normalized spacial score (nSPS) is 13.9. The summed E-state index contributed by atoms with van der Waals surface area (Å²) in [6.07, 6.45) is 1.36. The predicted molar refractivity (Wildman–Crippen MR) is 82.7 cm³/mol. The van der Waals surface area contributed by atoms with Crippen LogP contribution in [0, 0.1) is 0 Å². The van der Waals surface area contributed by atoms with E-state index in [0.717, 1.165) is 17.6 Å². The van der Waals surface area contributed by atoms with E-state index >= 15 is 0 Å². The second-order valence-corrected chi connectivity index (χ2v) is 5.53. The van der Waals surface area contributed by atoms with Gasteiger partial charge in [-0.3, -0.25) is 4.79 Å². The molecule has 0 saturated heterocycles. The molecule has 1 aliphatic heterocycles. The molecule has 22 heavy (non-hydrogen) atoms. The average Bonchev–Trinajstić information content (AvgIpc) is 2.88. The Labute approximate surface area is 128 Å². The molecule has 0 bridgehead atoms. The van der Waals surface area contributed by atoms with Crippen molar-refractivity contribution in [3.63, 3.8) is 0 Å². The molecule has 0 saturated carbocycles. The number of aromatic nitrogens is 1. The summed E-state index contributed by atoms with van der Waals surface area (Å²) in [7, 11) is 0. The van der Waals surface area contributed by atoms with Crippen molar-refractivity contribution in [2.45, 2.75) is 25.8 Å². The van der Waals surface area contributed by atoms with E-state index in [1.54, 1.807) is 4.90 Å². The zero-order valence-corrected chi connectivity index (χ0v) is 12.3. The van der Waals surface area contributed by atoms with Crippen LogP contribution in [0.5, 0.6) is 0 Å². The molecule has 6 heteroatoms. The number of hydrogen-bond donors (Lipinski definition) is 3. The number of para-hydroxylation sites is 1. The van der Waals surface area contributed by atoms with Crippen LogP contribution in [-0.2, 0) is 17.8 Å². The summed E-state index contributed by atoms with van der Waals surface area (Å²) in [5, 5.41) is 12.6. The van der Waals surface area contributed by atoms with Gasteiger partial charge in [0, 0.05) is 36.1 Å². The SMILES string of the molecule is O=C(O)CCCNC(=O)N1CCc2c([nH]c3ccccc23)C1. The van der Waals surface area contributed by atoms with Gasteiger partial charge in [0.05, 0.1) is 6.54 Å². The third-order valence-corrected chi connectivity index (χ3v) is 4.01. The van der Waals surface area contributed by atoms with Gasteiger partial charge >= 0.3 is 12.0 Å². The number of nitrogens with one attached hydrogen (secondary N) is 2. The van der Waals surface area contributed by atoms with Gasteiger partial charge in [-0.25, -0.2) is 4.79 Å². The van der Waals surface area contributed by atoms with Crippen LogP contribution in [0.1, 0.15) is 24.1 Å². The third kappa shape index (κ3) is 2.90. The molecule has 6 nitrogen and oxygen atoms in total. The number of carboxylic acids is 1. The molecule has 1 aromatic heterocycles. The van der Waals surface area contributed by atoms with Crippen molar-refractivity contribution in [1.29, 1.82) is 0 Å². The van der Waals surface area contributed by atoms with Gasteiger partial charge in [0.15, 0.2) is 0 Å². The minimum Gasteiger partial charge on any atom is -0.481 e. The Morgan fingerprint density at radius 1 is 1.32 bits per heavy atom. The van der Waals surface area contributed by atoms with Crippen LogP contribution in [0.15, 0.2) is 24.3 Å². The van der Waals surface area contributed by atoms with E-state index in [1.165, 1.54) is 10.9 Å². The number of H-pyrrole nitrogens is 1. The minimum absolute atomic E-state index is 0.0758. The highest BCUT2D eigenvalue weighted by atomic mass is 16.4. The number of rotatable bonds is 4. The number of carbonyl (C=O) groups excluding carboxylic acids is 1. The summed E-state index contributed by atoms with van der Waals surface area (Å²) in [6.45, 7) is 1.63. The first-order chi connectivity index (χ1) is 10.6. The number of hydrogen-bond acceptors (Lipinski definition) is 2. The highest BCUT2D eigenvalue weighted by molar-refractivity contribution is 5.85. The number of fused-ring (bicyclic) bond motifs is 3. The maximum absolute atomic E-state index is 12.1. The highest BCUT2D eigenvalue weighted by Crippen LogP contribution is 2.27. The molecule has 0 fully saturated rings.